The average molecular weight is 255 g/mol. The molecule has 1 heterocycles. The van der Waals surface area contributed by atoms with Crippen LogP contribution < -0.4 is 10.6 Å². The van der Waals surface area contributed by atoms with Crippen molar-refractivity contribution >= 4 is 17.3 Å². The molecule has 0 bridgehead atoms. The number of hydrogen-bond donors (Lipinski definition) is 2. The second kappa shape index (κ2) is 8.08. The Morgan fingerprint density at radius 2 is 2.29 bits per heavy atom. The van der Waals surface area contributed by atoms with Gasteiger partial charge in [0.15, 0.2) is 5.96 Å². The molecule has 0 saturated carbocycles. The Balaban J connectivity index is 2.26. The monoisotopic (exact) mass is 255 g/mol. The summed E-state index contributed by atoms with van der Waals surface area (Å²) in [4.78, 5) is 5.50. The number of guanidine groups is 1. The number of aliphatic imine (C=N–C) groups is 1. The van der Waals surface area contributed by atoms with Crippen molar-refractivity contribution in [3.05, 3.63) is 21.9 Å². The number of hydrogen-bond acceptors (Lipinski definition) is 3. The highest BCUT2D eigenvalue weighted by Crippen LogP contribution is 2.14. The molecule has 2 N–H and O–H groups in total. The highest BCUT2D eigenvalue weighted by atomic mass is 32.1. The molecule has 5 heteroatoms. The molecule has 96 valence electrons. The zero-order chi connectivity index (χ0) is 12.5. The summed E-state index contributed by atoms with van der Waals surface area (Å²) >= 11 is 1.76. The van der Waals surface area contributed by atoms with E-state index in [-0.39, 0.29) is 0 Å². The lowest BCUT2D eigenvalue weighted by Crippen LogP contribution is -2.38. The van der Waals surface area contributed by atoms with Gasteiger partial charge in [0.2, 0.25) is 0 Å². The fraction of sp³-hybridized carbons (Fsp3) is 0.583. The molecule has 0 unspecified atom stereocenters. The summed E-state index contributed by atoms with van der Waals surface area (Å²) in [5.74, 6) is 0.817. The smallest absolute Gasteiger partial charge is 0.191 e. The minimum atomic E-state index is 0.704. The first-order valence-electron chi connectivity index (χ1n) is 5.83. The minimum absolute atomic E-state index is 0.704. The van der Waals surface area contributed by atoms with Crippen LogP contribution in [0.2, 0.25) is 0 Å². The van der Waals surface area contributed by atoms with Crippen molar-refractivity contribution in [2.24, 2.45) is 4.99 Å². The Hall–Kier alpha value is -1.07. The van der Waals surface area contributed by atoms with Crippen LogP contribution in [-0.4, -0.2) is 32.8 Å². The van der Waals surface area contributed by atoms with Crippen molar-refractivity contribution in [2.45, 2.75) is 20.4 Å². The van der Waals surface area contributed by atoms with Gasteiger partial charge in [-0.2, -0.15) is 0 Å². The van der Waals surface area contributed by atoms with Crippen LogP contribution in [0, 0.1) is 6.92 Å². The minimum Gasteiger partial charge on any atom is -0.380 e. The van der Waals surface area contributed by atoms with Crippen LogP contribution in [-0.2, 0) is 11.3 Å². The Labute approximate surface area is 107 Å². The number of ether oxygens (including phenoxy) is 1. The fourth-order valence-electron chi connectivity index (χ4n) is 1.36. The van der Waals surface area contributed by atoms with Crippen LogP contribution in [0.3, 0.4) is 0 Å². The maximum atomic E-state index is 5.25. The lowest BCUT2D eigenvalue weighted by atomic mass is 10.3. The van der Waals surface area contributed by atoms with Gasteiger partial charge in [0.25, 0.3) is 0 Å². The van der Waals surface area contributed by atoms with E-state index in [4.69, 9.17) is 4.74 Å². The summed E-state index contributed by atoms with van der Waals surface area (Å²) in [7, 11) is 1.78. The summed E-state index contributed by atoms with van der Waals surface area (Å²) in [5, 5.41) is 8.60. The quantitative estimate of drug-likeness (QED) is 0.462. The van der Waals surface area contributed by atoms with Crippen molar-refractivity contribution in [3.8, 4) is 0 Å². The van der Waals surface area contributed by atoms with Gasteiger partial charge in [-0.25, -0.2) is 0 Å². The van der Waals surface area contributed by atoms with Gasteiger partial charge in [0, 0.05) is 25.1 Å². The van der Waals surface area contributed by atoms with Crippen molar-refractivity contribution in [1.29, 1.82) is 0 Å². The zero-order valence-electron chi connectivity index (χ0n) is 10.7. The first kappa shape index (κ1) is 14.0. The lowest BCUT2D eigenvalue weighted by Gasteiger charge is -2.11. The van der Waals surface area contributed by atoms with Crippen LogP contribution in [0.1, 0.15) is 17.4 Å². The van der Waals surface area contributed by atoms with Gasteiger partial charge in [-0.3, -0.25) is 4.99 Å². The van der Waals surface area contributed by atoms with Gasteiger partial charge in [-0.05, 0) is 30.9 Å². The molecule has 0 aliphatic carbocycles. The van der Waals surface area contributed by atoms with E-state index in [1.807, 2.05) is 6.92 Å². The molecule has 0 fully saturated rings. The third kappa shape index (κ3) is 5.19. The SMILES string of the molecule is CCOCCNC(=NC)NCc1sccc1C. The van der Waals surface area contributed by atoms with Crippen molar-refractivity contribution in [1.82, 2.24) is 10.6 Å². The molecule has 0 spiro atoms. The van der Waals surface area contributed by atoms with E-state index in [1.165, 1.54) is 10.4 Å². The molecule has 4 nitrogen and oxygen atoms in total. The molecule has 0 saturated heterocycles. The van der Waals surface area contributed by atoms with Gasteiger partial charge >= 0.3 is 0 Å². The number of rotatable bonds is 6. The molecule has 0 aliphatic heterocycles. The number of nitrogens with zero attached hydrogens (tertiary/aromatic N) is 1. The van der Waals surface area contributed by atoms with Crippen LogP contribution >= 0.6 is 11.3 Å². The molecular weight excluding hydrogens is 234 g/mol. The van der Waals surface area contributed by atoms with Crippen LogP contribution in [0.25, 0.3) is 0 Å². The van der Waals surface area contributed by atoms with Crippen LogP contribution in [0.4, 0.5) is 0 Å². The highest BCUT2D eigenvalue weighted by Gasteiger charge is 2.01. The fourth-order valence-corrected chi connectivity index (χ4v) is 2.20. The second-order valence-electron chi connectivity index (χ2n) is 3.58. The topological polar surface area (TPSA) is 45.6 Å². The third-order valence-corrected chi connectivity index (χ3v) is 3.37. The van der Waals surface area contributed by atoms with E-state index in [9.17, 15) is 0 Å². The molecule has 0 aliphatic rings. The maximum Gasteiger partial charge on any atom is 0.191 e. The first-order chi connectivity index (χ1) is 8.27. The maximum absolute atomic E-state index is 5.25. The summed E-state index contributed by atoms with van der Waals surface area (Å²) in [6.45, 7) is 7.16. The number of thiophene rings is 1. The van der Waals surface area contributed by atoms with Crippen molar-refractivity contribution in [3.63, 3.8) is 0 Å². The molecule has 1 rings (SSSR count). The van der Waals surface area contributed by atoms with Gasteiger partial charge in [0.1, 0.15) is 0 Å². The number of nitrogens with one attached hydrogen (secondary N) is 2. The van der Waals surface area contributed by atoms with Crippen LogP contribution in [0.15, 0.2) is 16.4 Å². The Morgan fingerprint density at radius 3 is 2.88 bits per heavy atom. The third-order valence-electron chi connectivity index (χ3n) is 2.35. The first-order valence-corrected chi connectivity index (χ1v) is 6.71. The van der Waals surface area contributed by atoms with Gasteiger partial charge in [-0.15, -0.1) is 11.3 Å². The Kier molecular flexibility index (Phi) is 6.65. The summed E-state index contributed by atoms with van der Waals surface area (Å²) < 4.78 is 5.25. The normalized spacial score (nSPS) is 11.6. The molecular formula is C12H21N3OS. The van der Waals surface area contributed by atoms with Crippen LogP contribution in [0.5, 0.6) is 0 Å². The molecule has 1 aromatic heterocycles. The van der Waals surface area contributed by atoms with E-state index < -0.39 is 0 Å². The van der Waals surface area contributed by atoms with Gasteiger partial charge in [0.05, 0.1) is 13.2 Å². The molecule has 0 amide bonds. The average Bonchev–Trinajstić information content (AvgIpc) is 2.74. The Morgan fingerprint density at radius 1 is 1.47 bits per heavy atom. The molecule has 0 atom stereocenters. The molecule has 0 aromatic carbocycles. The number of aryl methyl sites for hydroxylation is 1. The highest BCUT2D eigenvalue weighted by molar-refractivity contribution is 7.10. The predicted molar refractivity (Wildman–Crippen MR) is 73.8 cm³/mol. The second-order valence-corrected chi connectivity index (χ2v) is 4.58. The van der Waals surface area contributed by atoms with Crippen molar-refractivity contribution < 1.29 is 4.74 Å². The van der Waals surface area contributed by atoms with Gasteiger partial charge < -0.3 is 15.4 Å². The van der Waals surface area contributed by atoms with E-state index in [2.05, 4.69) is 34.0 Å². The molecule has 0 radical (unpaired) electrons. The summed E-state index contributed by atoms with van der Waals surface area (Å²) in [5.41, 5.74) is 1.33. The summed E-state index contributed by atoms with van der Waals surface area (Å²) in [6.07, 6.45) is 0. The van der Waals surface area contributed by atoms with E-state index >= 15 is 0 Å². The summed E-state index contributed by atoms with van der Waals surface area (Å²) in [6, 6.07) is 2.13. The molecule has 1 aromatic rings. The molecule has 17 heavy (non-hydrogen) atoms. The van der Waals surface area contributed by atoms with E-state index in [1.54, 1.807) is 18.4 Å². The van der Waals surface area contributed by atoms with Gasteiger partial charge in [-0.1, -0.05) is 0 Å². The standard InChI is InChI=1S/C12H21N3OS/c1-4-16-7-6-14-12(13-3)15-9-11-10(2)5-8-17-11/h5,8H,4,6-7,9H2,1-3H3,(H2,13,14,15). The zero-order valence-corrected chi connectivity index (χ0v) is 11.6. The van der Waals surface area contributed by atoms with Crippen molar-refractivity contribution in [2.75, 3.05) is 26.8 Å². The lowest BCUT2D eigenvalue weighted by molar-refractivity contribution is 0.152. The van der Waals surface area contributed by atoms with E-state index in [0.29, 0.717) is 6.61 Å². The van der Waals surface area contributed by atoms with E-state index in [0.717, 1.165) is 25.7 Å². The largest absolute Gasteiger partial charge is 0.380 e. The predicted octanol–water partition coefficient (Wildman–Crippen LogP) is 1.76. The Bertz CT molecular complexity index is 349.